The summed E-state index contributed by atoms with van der Waals surface area (Å²) in [4.78, 5) is 45.2. The third-order valence-electron chi connectivity index (χ3n) is 10.6. The van der Waals surface area contributed by atoms with Crippen molar-refractivity contribution in [3.05, 3.63) is 126 Å². The molecule has 0 saturated carbocycles. The van der Waals surface area contributed by atoms with Crippen LogP contribution in [0.15, 0.2) is 103 Å². The van der Waals surface area contributed by atoms with Gasteiger partial charge in [0.1, 0.15) is 5.54 Å². The summed E-state index contributed by atoms with van der Waals surface area (Å²) in [6, 6.07) is 34.1. The molecule has 8 heteroatoms. The average Bonchev–Trinajstić information content (AvgIpc) is 3.78. The number of amides is 1. The van der Waals surface area contributed by atoms with E-state index < -0.39 is 16.9 Å². The van der Waals surface area contributed by atoms with Gasteiger partial charge >= 0.3 is 5.97 Å². The molecule has 2 spiro atoms. The Morgan fingerprint density at radius 2 is 1.54 bits per heavy atom. The van der Waals surface area contributed by atoms with E-state index in [4.69, 9.17) is 14.7 Å². The van der Waals surface area contributed by atoms with E-state index in [2.05, 4.69) is 41.3 Å². The van der Waals surface area contributed by atoms with Crippen molar-refractivity contribution in [2.75, 3.05) is 18.1 Å². The van der Waals surface area contributed by atoms with Gasteiger partial charge in [-0.15, -0.1) is 0 Å². The Hall–Kier alpha value is -4.92. The third kappa shape index (κ3) is 3.35. The Labute approximate surface area is 267 Å². The molecular weight excluding hydrogens is 576 g/mol. The van der Waals surface area contributed by atoms with Gasteiger partial charge in [-0.2, -0.15) is 0 Å². The van der Waals surface area contributed by atoms with Gasteiger partial charge in [0.25, 0.3) is 5.91 Å². The quantitative estimate of drug-likeness (QED) is 0.260. The van der Waals surface area contributed by atoms with Gasteiger partial charge in [-0.25, -0.2) is 9.97 Å². The number of carbonyl (C=O) groups excluding carboxylic acids is 2. The SMILES string of the molecule is CCOC(=O)[C@@H]1[C@H]2CCCN2[C@@]2(C(=O)N(Cc3ccccc3)c3ccccc32)[C@]12c1ccccc1-c1nc3ccccc3nc12.O. The summed E-state index contributed by atoms with van der Waals surface area (Å²) in [5, 5.41) is 0. The minimum absolute atomic E-state index is 0. The summed E-state index contributed by atoms with van der Waals surface area (Å²) >= 11 is 0. The monoisotopic (exact) mass is 610 g/mol. The van der Waals surface area contributed by atoms with E-state index >= 15 is 4.79 Å². The maximum Gasteiger partial charge on any atom is 0.311 e. The second-order valence-corrected chi connectivity index (χ2v) is 12.5. The first-order valence-electron chi connectivity index (χ1n) is 15.9. The van der Waals surface area contributed by atoms with Gasteiger partial charge in [-0.3, -0.25) is 14.5 Å². The number of rotatable bonds is 4. The second-order valence-electron chi connectivity index (χ2n) is 12.5. The largest absolute Gasteiger partial charge is 0.466 e. The van der Waals surface area contributed by atoms with Crippen LogP contribution < -0.4 is 4.90 Å². The molecule has 0 unspecified atom stereocenters. The lowest BCUT2D eigenvalue weighted by Crippen LogP contribution is -2.61. The lowest BCUT2D eigenvalue weighted by atomic mass is 9.57. The molecule has 2 fully saturated rings. The van der Waals surface area contributed by atoms with Crippen LogP contribution in [0.1, 0.15) is 42.1 Å². The van der Waals surface area contributed by atoms with Crippen molar-refractivity contribution in [1.82, 2.24) is 14.9 Å². The summed E-state index contributed by atoms with van der Waals surface area (Å²) in [6.07, 6.45) is 1.68. The Kier molecular flexibility index (Phi) is 6.39. The molecule has 4 heterocycles. The summed E-state index contributed by atoms with van der Waals surface area (Å²) in [5.74, 6) is -0.967. The van der Waals surface area contributed by atoms with Gasteiger partial charge in [0.05, 0.1) is 46.9 Å². The fraction of sp³-hybridized carbons (Fsp3) is 0.263. The molecule has 1 aromatic heterocycles. The van der Waals surface area contributed by atoms with Crippen LogP contribution in [-0.4, -0.2) is 51.4 Å². The molecule has 2 N–H and O–H groups in total. The van der Waals surface area contributed by atoms with E-state index in [-0.39, 0.29) is 30.0 Å². The number of fused-ring (bicyclic) bond motifs is 11. The number of hydrogen-bond donors (Lipinski definition) is 0. The molecule has 0 radical (unpaired) electrons. The molecule has 4 aromatic carbocycles. The fourth-order valence-corrected chi connectivity index (χ4v) is 9.18. The average molecular weight is 611 g/mol. The van der Waals surface area contributed by atoms with Crippen molar-refractivity contribution in [2.24, 2.45) is 5.92 Å². The first-order valence-corrected chi connectivity index (χ1v) is 15.9. The Bertz CT molecular complexity index is 2030. The maximum atomic E-state index is 15.8. The second kappa shape index (κ2) is 10.3. The molecule has 5 aromatic rings. The van der Waals surface area contributed by atoms with Crippen molar-refractivity contribution < 1.29 is 19.8 Å². The molecule has 46 heavy (non-hydrogen) atoms. The van der Waals surface area contributed by atoms with Crippen LogP contribution in [0.25, 0.3) is 22.3 Å². The number of aromatic nitrogens is 2. The Morgan fingerprint density at radius 1 is 0.870 bits per heavy atom. The number of carbonyl (C=O) groups is 2. The van der Waals surface area contributed by atoms with Gasteiger partial charge in [0, 0.05) is 22.9 Å². The lowest BCUT2D eigenvalue weighted by molar-refractivity contribution is -0.150. The molecule has 1 aliphatic carbocycles. The highest BCUT2D eigenvalue weighted by Crippen LogP contribution is 2.71. The van der Waals surface area contributed by atoms with E-state index in [0.717, 1.165) is 57.5 Å². The smallest absolute Gasteiger partial charge is 0.311 e. The summed E-state index contributed by atoms with van der Waals surface area (Å²) < 4.78 is 5.95. The third-order valence-corrected chi connectivity index (χ3v) is 10.6. The van der Waals surface area contributed by atoms with Crippen molar-refractivity contribution in [3.8, 4) is 11.3 Å². The maximum absolute atomic E-state index is 15.8. The highest BCUT2D eigenvalue weighted by Gasteiger charge is 2.81. The van der Waals surface area contributed by atoms with Gasteiger partial charge in [0.15, 0.2) is 0 Å². The minimum atomic E-state index is -1.23. The first-order chi connectivity index (χ1) is 22.1. The molecular formula is C38H34N4O4. The van der Waals surface area contributed by atoms with Gasteiger partial charge < -0.3 is 15.1 Å². The zero-order valence-corrected chi connectivity index (χ0v) is 25.5. The van der Waals surface area contributed by atoms with Crippen molar-refractivity contribution in [3.63, 3.8) is 0 Å². The standard InChI is InChI=1S/C38H32N4O3.H2O/c1-2-45-35(43)32-31-21-12-22-42(31)38(27-17-8-11-20-30(27)41(36(38)44)23-24-13-4-3-5-14-24)37(32)26-16-7-6-15-25(26)33-34(37)40-29-19-10-9-18-28(29)39-33;/h3-11,13-20,31-32H,2,12,21-23H2,1H3;1H2/t31-,32+,37-,38+;/m1./s1. The highest BCUT2D eigenvalue weighted by molar-refractivity contribution is 6.12. The molecule has 0 bridgehead atoms. The predicted octanol–water partition coefficient (Wildman–Crippen LogP) is 5.17. The van der Waals surface area contributed by atoms with Crippen LogP contribution >= 0.6 is 0 Å². The topological polar surface area (TPSA) is 107 Å². The molecule has 3 aliphatic heterocycles. The normalized spacial score (nSPS) is 25.4. The van der Waals surface area contributed by atoms with Crippen LogP contribution in [0.4, 0.5) is 5.69 Å². The summed E-state index contributed by atoms with van der Waals surface area (Å²) in [7, 11) is 0. The van der Waals surface area contributed by atoms with Crippen molar-refractivity contribution in [1.29, 1.82) is 0 Å². The zero-order chi connectivity index (χ0) is 30.3. The van der Waals surface area contributed by atoms with Crippen molar-refractivity contribution >= 4 is 28.6 Å². The molecule has 2 saturated heterocycles. The van der Waals surface area contributed by atoms with Crippen LogP contribution in [0.5, 0.6) is 0 Å². The zero-order valence-electron chi connectivity index (χ0n) is 25.5. The van der Waals surface area contributed by atoms with E-state index in [9.17, 15) is 4.79 Å². The molecule has 230 valence electrons. The molecule has 1 amide bonds. The van der Waals surface area contributed by atoms with E-state index in [1.54, 1.807) is 0 Å². The first kappa shape index (κ1) is 28.5. The number of benzene rings is 4. The van der Waals surface area contributed by atoms with Crippen LogP contribution in [-0.2, 0) is 31.8 Å². The number of nitrogens with zero attached hydrogens (tertiary/aromatic N) is 4. The molecule has 9 rings (SSSR count). The summed E-state index contributed by atoms with van der Waals surface area (Å²) in [5.41, 5.74) is 5.26. The number of ether oxygens (including phenoxy) is 1. The predicted molar refractivity (Wildman–Crippen MR) is 175 cm³/mol. The van der Waals surface area contributed by atoms with Gasteiger partial charge in [-0.1, -0.05) is 84.9 Å². The van der Waals surface area contributed by atoms with Crippen LogP contribution in [0, 0.1) is 5.92 Å². The molecule has 4 aliphatic rings. The number of para-hydroxylation sites is 3. The minimum Gasteiger partial charge on any atom is -0.466 e. The molecule has 8 nitrogen and oxygen atoms in total. The van der Waals surface area contributed by atoms with E-state index in [1.807, 2.05) is 78.6 Å². The van der Waals surface area contributed by atoms with Crippen molar-refractivity contribution in [2.45, 2.75) is 43.3 Å². The number of anilines is 1. The lowest BCUT2D eigenvalue weighted by Gasteiger charge is -2.45. The van der Waals surface area contributed by atoms with E-state index in [0.29, 0.717) is 18.8 Å². The van der Waals surface area contributed by atoms with Crippen LogP contribution in [0.3, 0.4) is 0 Å². The van der Waals surface area contributed by atoms with Crippen LogP contribution in [0.2, 0.25) is 0 Å². The fourth-order valence-electron chi connectivity index (χ4n) is 9.18. The highest BCUT2D eigenvalue weighted by atomic mass is 16.5. The van der Waals surface area contributed by atoms with Gasteiger partial charge in [-0.05, 0) is 55.6 Å². The van der Waals surface area contributed by atoms with E-state index in [1.165, 1.54) is 0 Å². The Morgan fingerprint density at radius 3 is 2.33 bits per heavy atom. The van der Waals surface area contributed by atoms with Gasteiger partial charge in [0.2, 0.25) is 0 Å². The Balaban J connectivity index is 0.00000312. The number of hydrogen-bond acceptors (Lipinski definition) is 6. The summed E-state index contributed by atoms with van der Waals surface area (Å²) in [6.45, 7) is 3.23. The molecule has 4 atom stereocenters. The number of esters is 1.